The lowest BCUT2D eigenvalue weighted by Crippen LogP contribution is -2.27. The third kappa shape index (κ3) is 3.43. The van der Waals surface area contributed by atoms with Gasteiger partial charge in [-0.05, 0) is 37.5 Å². The van der Waals surface area contributed by atoms with Crippen LogP contribution in [0, 0.1) is 11.3 Å². The minimum Gasteiger partial charge on any atom is -0.345 e. The molecular formula is C18H19N3OS. The fraction of sp³-hybridized carbons (Fsp3) is 0.389. The molecule has 0 spiro atoms. The number of hydrogen-bond acceptors (Lipinski definition) is 4. The molecule has 0 unspecified atom stereocenters. The maximum atomic E-state index is 12.6. The van der Waals surface area contributed by atoms with Crippen LogP contribution in [0.15, 0.2) is 29.8 Å². The summed E-state index contributed by atoms with van der Waals surface area (Å²) < 4.78 is 0. The molecule has 1 aromatic heterocycles. The van der Waals surface area contributed by atoms with Crippen LogP contribution in [0.1, 0.15) is 71.1 Å². The van der Waals surface area contributed by atoms with Crippen LogP contribution >= 0.6 is 11.3 Å². The van der Waals surface area contributed by atoms with E-state index in [4.69, 9.17) is 5.26 Å². The van der Waals surface area contributed by atoms with Gasteiger partial charge in [0.1, 0.15) is 4.88 Å². The van der Waals surface area contributed by atoms with E-state index in [9.17, 15) is 4.79 Å². The van der Waals surface area contributed by atoms with Crippen LogP contribution in [0.4, 0.5) is 0 Å². The molecule has 3 rings (SSSR count). The molecule has 0 aliphatic heterocycles. The van der Waals surface area contributed by atoms with E-state index in [1.165, 1.54) is 24.2 Å². The molecule has 1 aliphatic rings. The minimum absolute atomic E-state index is 0.0498. The largest absolute Gasteiger partial charge is 0.345 e. The number of carbonyl (C=O) groups excluding carboxylic acids is 1. The van der Waals surface area contributed by atoms with Gasteiger partial charge in [-0.2, -0.15) is 5.26 Å². The number of thiazole rings is 1. The average molecular weight is 325 g/mol. The van der Waals surface area contributed by atoms with Gasteiger partial charge in [-0.15, -0.1) is 11.3 Å². The fourth-order valence-corrected chi connectivity index (χ4v) is 3.88. The number of benzene rings is 1. The van der Waals surface area contributed by atoms with Crippen LogP contribution < -0.4 is 5.32 Å². The highest BCUT2D eigenvalue weighted by Crippen LogP contribution is 2.36. The van der Waals surface area contributed by atoms with Crippen LogP contribution in [0.3, 0.4) is 0 Å². The number of nitriles is 1. The van der Waals surface area contributed by atoms with Crippen LogP contribution in [0.2, 0.25) is 0 Å². The minimum atomic E-state index is -0.103. The first-order valence-corrected chi connectivity index (χ1v) is 8.81. The predicted molar refractivity (Wildman–Crippen MR) is 90.4 cm³/mol. The summed E-state index contributed by atoms with van der Waals surface area (Å²) in [5.74, 6) is 0.387. The van der Waals surface area contributed by atoms with Crippen LogP contribution in [-0.4, -0.2) is 10.9 Å². The summed E-state index contributed by atoms with van der Waals surface area (Å²) in [6.45, 7) is 1.95. The summed E-state index contributed by atoms with van der Waals surface area (Å²) in [7, 11) is 0. The van der Waals surface area contributed by atoms with Crippen molar-refractivity contribution < 1.29 is 4.79 Å². The van der Waals surface area contributed by atoms with Gasteiger partial charge in [-0.3, -0.25) is 4.79 Å². The van der Waals surface area contributed by atoms with Gasteiger partial charge in [0.2, 0.25) is 0 Å². The van der Waals surface area contributed by atoms with Crippen molar-refractivity contribution in [1.82, 2.24) is 10.3 Å². The van der Waals surface area contributed by atoms with Crippen molar-refractivity contribution in [2.45, 2.75) is 44.6 Å². The molecule has 0 bridgehead atoms. The molecule has 1 saturated carbocycles. The van der Waals surface area contributed by atoms with E-state index < -0.39 is 0 Å². The Hall–Kier alpha value is -2.19. The van der Waals surface area contributed by atoms with Gasteiger partial charge in [-0.25, -0.2) is 4.98 Å². The van der Waals surface area contributed by atoms with E-state index in [0.29, 0.717) is 11.5 Å². The Kier molecular flexibility index (Phi) is 4.73. The van der Waals surface area contributed by atoms with E-state index in [0.717, 1.165) is 29.0 Å². The number of hydrogen-bond donors (Lipinski definition) is 1. The van der Waals surface area contributed by atoms with E-state index in [2.05, 4.69) is 16.4 Å². The van der Waals surface area contributed by atoms with Crippen molar-refractivity contribution >= 4 is 17.2 Å². The monoisotopic (exact) mass is 325 g/mol. The van der Waals surface area contributed by atoms with Crippen LogP contribution in [0.5, 0.6) is 0 Å². The molecule has 1 aliphatic carbocycles. The number of carbonyl (C=O) groups is 1. The molecule has 4 nitrogen and oxygen atoms in total. The highest BCUT2D eigenvalue weighted by molar-refractivity contribution is 7.11. The molecule has 1 aromatic carbocycles. The first-order valence-electron chi connectivity index (χ1n) is 7.93. The van der Waals surface area contributed by atoms with Gasteiger partial charge in [0.05, 0.1) is 28.9 Å². The Balaban J connectivity index is 1.71. The first kappa shape index (κ1) is 15.7. The molecule has 118 valence electrons. The van der Waals surface area contributed by atoms with E-state index in [-0.39, 0.29) is 11.9 Å². The summed E-state index contributed by atoms with van der Waals surface area (Å²) in [6, 6.07) is 9.31. The quantitative estimate of drug-likeness (QED) is 0.917. The summed E-state index contributed by atoms with van der Waals surface area (Å²) >= 11 is 1.42. The van der Waals surface area contributed by atoms with Gasteiger partial charge in [0.25, 0.3) is 5.91 Å². The Morgan fingerprint density at radius 2 is 2.04 bits per heavy atom. The molecule has 0 radical (unpaired) electrons. The lowest BCUT2D eigenvalue weighted by molar-refractivity contribution is 0.0942. The second-order valence-corrected chi connectivity index (χ2v) is 6.83. The Labute approximate surface area is 140 Å². The Morgan fingerprint density at radius 3 is 2.70 bits per heavy atom. The van der Waals surface area contributed by atoms with E-state index in [1.54, 1.807) is 17.6 Å². The van der Waals surface area contributed by atoms with Gasteiger partial charge in [-0.1, -0.05) is 25.0 Å². The van der Waals surface area contributed by atoms with Crippen molar-refractivity contribution in [3.05, 3.63) is 51.5 Å². The number of aromatic nitrogens is 1. The topological polar surface area (TPSA) is 65.8 Å². The summed E-state index contributed by atoms with van der Waals surface area (Å²) in [6.07, 6.45) is 4.72. The van der Waals surface area contributed by atoms with Crippen LogP contribution in [-0.2, 0) is 0 Å². The number of nitrogens with zero attached hydrogens (tertiary/aromatic N) is 2. The molecule has 1 fully saturated rings. The van der Waals surface area contributed by atoms with Gasteiger partial charge in [0.15, 0.2) is 0 Å². The summed E-state index contributed by atoms with van der Waals surface area (Å²) in [4.78, 5) is 17.8. The predicted octanol–water partition coefficient (Wildman–Crippen LogP) is 4.16. The zero-order chi connectivity index (χ0) is 16.2. The van der Waals surface area contributed by atoms with E-state index >= 15 is 0 Å². The molecule has 0 saturated heterocycles. The van der Waals surface area contributed by atoms with Crippen molar-refractivity contribution in [3.8, 4) is 6.07 Å². The molecule has 1 amide bonds. The third-order valence-corrected chi connectivity index (χ3v) is 5.27. The highest BCUT2D eigenvalue weighted by atomic mass is 32.1. The van der Waals surface area contributed by atoms with Crippen LogP contribution in [0.25, 0.3) is 0 Å². The SMILES string of the molecule is C[C@H](NC(=O)c1scnc1C1CCCC1)c1ccc(C#N)cc1. The van der Waals surface area contributed by atoms with Crippen molar-refractivity contribution in [3.63, 3.8) is 0 Å². The van der Waals surface area contributed by atoms with Gasteiger partial charge in [0, 0.05) is 5.92 Å². The number of rotatable bonds is 4. The Bertz CT molecular complexity index is 723. The molecule has 23 heavy (non-hydrogen) atoms. The second kappa shape index (κ2) is 6.93. The standard InChI is InChI=1S/C18H19N3OS/c1-12(14-8-6-13(10-19)7-9-14)21-18(22)17-16(20-11-23-17)15-4-2-3-5-15/h6-9,11-12,15H,2-5H2,1H3,(H,21,22)/t12-/m0/s1. The molecule has 2 aromatic rings. The maximum absolute atomic E-state index is 12.6. The zero-order valence-corrected chi connectivity index (χ0v) is 13.9. The third-order valence-electron chi connectivity index (χ3n) is 4.43. The molecule has 1 heterocycles. The lowest BCUT2D eigenvalue weighted by atomic mass is 10.0. The number of nitrogens with one attached hydrogen (secondary N) is 1. The second-order valence-electron chi connectivity index (χ2n) is 5.98. The Morgan fingerprint density at radius 1 is 1.35 bits per heavy atom. The molecular weight excluding hydrogens is 306 g/mol. The first-order chi connectivity index (χ1) is 11.2. The highest BCUT2D eigenvalue weighted by Gasteiger charge is 2.25. The fourth-order valence-electron chi connectivity index (χ4n) is 3.11. The normalized spacial score (nSPS) is 16.0. The number of amides is 1. The maximum Gasteiger partial charge on any atom is 0.263 e. The van der Waals surface area contributed by atoms with Crippen molar-refractivity contribution in [2.24, 2.45) is 0 Å². The van der Waals surface area contributed by atoms with Crippen molar-refractivity contribution in [2.75, 3.05) is 0 Å². The molecule has 5 heteroatoms. The smallest absolute Gasteiger partial charge is 0.263 e. The van der Waals surface area contributed by atoms with Crippen molar-refractivity contribution in [1.29, 1.82) is 5.26 Å². The lowest BCUT2D eigenvalue weighted by Gasteiger charge is -2.15. The zero-order valence-electron chi connectivity index (χ0n) is 13.1. The van der Waals surface area contributed by atoms with E-state index in [1.807, 2.05) is 19.1 Å². The average Bonchev–Trinajstić information content (AvgIpc) is 3.25. The van der Waals surface area contributed by atoms with Gasteiger partial charge < -0.3 is 5.32 Å². The summed E-state index contributed by atoms with van der Waals surface area (Å²) in [5.41, 5.74) is 4.36. The summed E-state index contributed by atoms with van der Waals surface area (Å²) in [5, 5.41) is 11.9. The molecule has 1 N–H and O–H groups in total. The molecule has 1 atom stereocenters. The van der Waals surface area contributed by atoms with Gasteiger partial charge >= 0.3 is 0 Å².